The van der Waals surface area contributed by atoms with Crippen LogP contribution in [0, 0.1) is 0 Å². The number of benzene rings is 2. The van der Waals surface area contributed by atoms with Crippen LogP contribution < -0.4 is 0 Å². The molecule has 20 heavy (non-hydrogen) atoms. The van der Waals surface area contributed by atoms with Gasteiger partial charge < -0.3 is 0 Å². The Kier molecular flexibility index (Phi) is 4.28. The van der Waals surface area contributed by atoms with Gasteiger partial charge >= 0.3 is 6.18 Å². The minimum Gasteiger partial charge on any atom is -0.167 e. The van der Waals surface area contributed by atoms with Crippen molar-refractivity contribution >= 4 is 6.08 Å². The van der Waals surface area contributed by atoms with Crippen molar-refractivity contribution in [3.8, 4) is 11.1 Å². The summed E-state index contributed by atoms with van der Waals surface area (Å²) in [6, 6.07) is 15.2. The number of hydrogen-bond acceptors (Lipinski definition) is 0. The van der Waals surface area contributed by atoms with Crippen LogP contribution in [0.4, 0.5) is 13.2 Å². The minimum absolute atomic E-state index is 0.248. The average Bonchev–Trinajstić information content (AvgIpc) is 2.45. The van der Waals surface area contributed by atoms with E-state index < -0.39 is 6.18 Å². The molecule has 0 atom stereocenters. The van der Waals surface area contributed by atoms with Crippen LogP contribution in [0.25, 0.3) is 17.2 Å². The predicted octanol–water partition coefficient (Wildman–Crippen LogP) is 5.49. The summed E-state index contributed by atoms with van der Waals surface area (Å²) in [5.74, 6) is 0. The summed E-state index contributed by atoms with van der Waals surface area (Å²) in [5, 5.41) is 0. The van der Waals surface area contributed by atoms with Crippen molar-refractivity contribution in [3.05, 3.63) is 65.7 Å². The Morgan fingerprint density at radius 1 is 0.850 bits per heavy atom. The largest absolute Gasteiger partial charge is 0.409 e. The van der Waals surface area contributed by atoms with Gasteiger partial charge in [-0.05, 0) is 28.7 Å². The SMILES string of the molecule is CCc1ccc(-c2ccc(C=CC(F)(F)F)cc2)cc1. The highest BCUT2D eigenvalue weighted by Crippen LogP contribution is 2.22. The van der Waals surface area contributed by atoms with E-state index in [-0.39, 0.29) is 6.08 Å². The summed E-state index contributed by atoms with van der Waals surface area (Å²) in [6.07, 6.45) is -1.96. The first-order valence-electron chi connectivity index (χ1n) is 6.43. The Morgan fingerprint density at radius 3 is 1.80 bits per heavy atom. The fraction of sp³-hybridized carbons (Fsp3) is 0.176. The lowest BCUT2D eigenvalue weighted by Gasteiger charge is -2.04. The van der Waals surface area contributed by atoms with Crippen molar-refractivity contribution in [2.75, 3.05) is 0 Å². The van der Waals surface area contributed by atoms with Crippen LogP contribution in [-0.2, 0) is 6.42 Å². The molecule has 0 amide bonds. The summed E-state index contributed by atoms with van der Waals surface area (Å²) >= 11 is 0. The van der Waals surface area contributed by atoms with E-state index in [2.05, 4.69) is 19.1 Å². The molecule has 0 heterocycles. The van der Waals surface area contributed by atoms with Gasteiger partial charge in [0.1, 0.15) is 0 Å². The zero-order chi connectivity index (χ0) is 14.6. The summed E-state index contributed by atoms with van der Waals surface area (Å²) in [5.41, 5.74) is 3.86. The Balaban J connectivity index is 2.17. The Hall–Kier alpha value is -2.03. The van der Waals surface area contributed by atoms with Gasteiger partial charge in [0.2, 0.25) is 0 Å². The van der Waals surface area contributed by atoms with Gasteiger partial charge in [-0.1, -0.05) is 61.5 Å². The average molecular weight is 276 g/mol. The van der Waals surface area contributed by atoms with Crippen LogP contribution in [0.2, 0.25) is 0 Å². The molecule has 2 rings (SSSR count). The highest BCUT2D eigenvalue weighted by Gasteiger charge is 2.21. The van der Waals surface area contributed by atoms with Gasteiger partial charge in [0.05, 0.1) is 0 Å². The molecule has 0 fully saturated rings. The molecule has 0 aromatic heterocycles. The predicted molar refractivity (Wildman–Crippen MR) is 76.3 cm³/mol. The highest BCUT2D eigenvalue weighted by molar-refractivity contribution is 5.66. The molecule has 0 nitrogen and oxygen atoms in total. The van der Waals surface area contributed by atoms with Gasteiger partial charge in [-0.15, -0.1) is 0 Å². The molecule has 0 saturated carbocycles. The second kappa shape index (κ2) is 5.95. The van der Waals surface area contributed by atoms with Crippen LogP contribution in [0.15, 0.2) is 54.6 Å². The second-order valence-electron chi connectivity index (χ2n) is 4.55. The van der Waals surface area contributed by atoms with E-state index in [0.717, 1.165) is 23.6 Å². The van der Waals surface area contributed by atoms with Gasteiger partial charge in [0.15, 0.2) is 0 Å². The second-order valence-corrected chi connectivity index (χ2v) is 4.55. The molecule has 104 valence electrons. The maximum atomic E-state index is 12.1. The fourth-order valence-electron chi connectivity index (χ4n) is 1.91. The third-order valence-corrected chi connectivity index (χ3v) is 3.07. The lowest BCUT2D eigenvalue weighted by atomic mass is 10.0. The number of halogens is 3. The number of hydrogen-bond donors (Lipinski definition) is 0. The van der Waals surface area contributed by atoms with E-state index >= 15 is 0 Å². The van der Waals surface area contributed by atoms with E-state index in [1.807, 2.05) is 24.3 Å². The zero-order valence-electron chi connectivity index (χ0n) is 11.1. The summed E-state index contributed by atoms with van der Waals surface area (Å²) in [6.45, 7) is 2.09. The minimum atomic E-state index is -4.27. The first-order valence-corrected chi connectivity index (χ1v) is 6.43. The van der Waals surface area contributed by atoms with Gasteiger partial charge in [-0.25, -0.2) is 0 Å². The standard InChI is InChI=1S/C17H15F3/c1-2-13-3-7-15(8-4-13)16-9-5-14(6-10-16)11-12-17(18,19)20/h3-12H,2H2,1H3. The lowest BCUT2D eigenvalue weighted by Crippen LogP contribution is -2.00. The van der Waals surface area contributed by atoms with Crippen molar-refractivity contribution in [2.45, 2.75) is 19.5 Å². The van der Waals surface area contributed by atoms with E-state index in [0.29, 0.717) is 5.56 Å². The van der Waals surface area contributed by atoms with Crippen LogP contribution in [-0.4, -0.2) is 6.18 Å². The third kappa shape index (κ3) is 3.98. The summed E-state index contributed by atoms with van der Waals surface area (Å²) in [4.78, 5) is 0. The molecule has 0 bridgehead atoms. The van der Waals surface area contributed by atoms with Gasteiger partial charge in [-0.3, -0.25) is 0 Å². The van der Waals surface area contributed by atoms with Gasteiger partial charge in [0.25, 0.3) is 0 Å². The quantitative estimate of drug-likeness (QED) is 0.695. The van der Waals surface area contributed by atoms with Crippen molar-refractivity contribution < 1.29 is 13.2 Å². The van der Waals surface area contributed by atoms with E-state index in [1.165, 1.54) is 5.56 Å². The molecule has 0 saturated heterocycles. The fourth-order valence-corrected chi connectivity index (χ4v) is 1.91. The van der Waals surface area contributed by atoms with Crippen molar-refractivity contribution in [1.82, 2.24) is 0 Å². The maximum Gasteiger partial charge on any atom is 0.409 e. The first-order chi connectivity index (χ1) is 9.48. The highest BCUT2D eigenvalue weighted by atomic mass is 19.4. The molecule has 0 aliphatic carbocycles. The van der Waals surface area contributed by atoms with Crippen LogP contribution in [0.5, 0.6) is 0 Å². The Bertz CT molecular complexity index is 575. The maximum absolute atomic E-state index is 12.1. The van der Waals surface area contributed by atoms with Gasteiger partial charge in [-0.2, -0.15) is 13.2 Å². The van der Waals surface area contributed by atoms with Crippen LogP contribution in [0.3, 0.4) is 0 Å². The number of allylic oxidation sites excluding steroid dienone is 1. The lowest BCUT2D eigenvalue weighted by molar-refractivity contribution is -0.0790. The summed E-state index contributed by atoms with van der Waals surface area (Å²) in [7, 11) is 0. The molecule has 0 radical (unpaired) electrons. The molecule has 3 heteroatoms. The van der Waals surface area contributed by atoms with E-state index in [4.69, 9.17) is 0 Å². The zero-order valence-corrected chi connectivity index (χ0v) is 11.1. The monoisotopic (exact) mass is 276 g/mol. The number of rotatable bonds is 3. The normalized spacial score (nSPS) is 12.0. The Morgan fingerprint density at radius 2 is 1.35 bits per heavy atom. The molecule has 0 aliphatic heterocycles. The molecule has 0 unspecified atom stereocenters. The molecule has 0 N–H and O–H groups in total. The number of aryl methyl sites for hydroxylation is 1. The Labute approximate surface area is 116 Å². The molecular formula is C17H15F3. The van der Waals surface area contributed by atoms with Gasteiger partial charge in [0, 0.05) is 6.08 Å². The topological polar surface area (TPSA) is 0 Å². The van der Waals surface area contributed by atoms with Crippen LogP contribution in [0.1, 0.15) is 18.1 Å². The van der Waals surface area contributed by atoms with Crippen molar-refractivity contribution in [1.29, 1.82) is 0 Å². The van der Waals surface area contributed by atoms with Crippen molar-refractivity contribution in [3.63, 3.8) is 0 Å². The molecular weight excluding hydrogens is 261 g/mol. The molecule has 2 aromatic carbocycles. The van der Waals surface area contributed by atoms with E-state index in [9.17, 15) is 13.2 Å². The smallest absolute Gasteiger partial charge is 0.167 e. The molecule has 2 aromatic rings. The van der Waals surface area contributed by atoms with E-state index in [1.54, 1.807) is 12.1 Å². The van der Waals surface area contributed by atoms with Crippen LogP contribution >= 0.6 is 0 Å². The molecule has 0 spiro atoms. The molecule has 0 aliphatic rings. The first kappa shape index (κ1) is 14.4. The summed E-state index contributed by atoms with van der Waals surface area (Å²) < 4.78 is 36.2. The van der Waals surface area contributed by atoms with Crippen molar-refractivity contribution in [2.24, 2.45) is 0 Å². The number of alkyl halides is 3. The third-order valence-electron chi connectivity index (χ3n) is 3.07.